The average Bonchev–Trinajstić information content (AvgIpc) is 3.23. The number of hydrogen-bond donors (Lipinski definition) is 1. The van der Waals surface area contributed by atoms with E-state index in [0.717, 1.165) is 23.3 Å². The quantitative estimate of drug-likeness (QED) is 0.638. The highest BCUT2D eigenvalue weighted by atomic mass is 35.5. The minimum atomic E-state index is -4.77. The van der Waals surface area contributed by atoms with Crippen molar-refractivity contribution in [2.24, 2.45) is 7.05 Å². The molecule has 1 aromatic carbocycles. The van der Waals surface area contributed by atoms with Crippen LogP contribution in [0.25, 0.3) is 11.0 Å². The van der Waals surface area contributed by atoms with E-state index in [1.807, 2.05) is 22.8 Å². The van der Waals surface area contributed by atoms with E-state index in [2.05, 4.69) is 20.3 Å². The SMILES string of the molecule is Cn1nc(C(F)(F)F)c(Cl)c1C(=O)Nc1nc2ccccc2n1CCN1CCOCC1. The molecule has 2 aromatic heterocycles. The summed E-state index contributed by atoms with van der Waals surface area (Å²) < 4.78 is 47.3. The highest BCUT2D eigenvalue weighted by molar-refractivity contribution is 6.34. The van der Waals surface area contributed by atoms with Gasteiger partial charge in [-0.2, -0.15) is 18.3 Å². The maximum Gasteiger partial charge on any atom is 0.436 e. The van der Waals surface area contributed by atoms with Crippen LogP contribution in [-0.4, -0.2) is 63.0 Å². The Balaban J connectivity index is 1.62. The van der Waals surface area contributed by atoms with Gasteiger partial charge in [-0.3, -0.25) is 19.7 Å². The van der Waals surface area contributed by atoms with Crippen LogP contribution in [0.1, 0.15) is 16.2 Å². The molecule has 3 heterocycles. The maximum atomic E-state index is 13.1. The molecular formula is C19H20ClF3N6O2. The smallest absolute Gasteiger partial charge is 0.379 e. The highest BCUT2D eigenvalue weighted by Crippen LogP contribution is 2.35. The molecule has 1 N–H and O–H groups in total. The van der Waals surface area contributed by atoms with Crippen molar-refractivity contribution in [1.82, 2.24) is 24.2 Å². The first kappa shape index (κ1) is 21.6. The van der Waals surface area contributed by atoms with Crippen LogP contribution >= 0.6 is 11.6 Å². The topological polar surface area (TPSA) is 77.2 Å². The molecule has 3 aromatic rings. The Morgan fingerprint density at radius 3 is 2.61 bits per heavy atom. The summed E-state index contributed by atoms with van der Waals surface area (Å²) in [4.78, 5) is 19.5. The van der Waals surface area contributed by atoms with E-state index < -0.39 is 22.8 Å². The molecule has 1 saturated heterocycles. The molecule has 0 unspecified atom stereocenters. The number of nitrogens with one attached hydrogen (secondary N) is 1. The number of fused-ring (bicyclic) bond motifs is 1. The third-order valence-corrected chi connectivity index (χ3v) is 5.45. The number of ether oxygens (including phenoxy) is 1. The fourth-order valence-corrected chi connectivity index (χ4v) is 3.90. The fourth-order valence-electron chi connectivity index (χ4n) is 3.55. The Morgan fingerprint density at radius 1 is 1.23 bits per heavy atom. The molecule has 4 rings (SSSR count). The number of alkyl halides is 3. The molecule has 1 aliphatic heterocycles. The number of aromatic nitrogens is 4. The minimum Gasteiger partial charge on any atom is -0.379 e. The first-order valence-corrected chi connectivity index (χ1v) is 10.00. The number of imidazole rings is 1. The summed E-state index contributed by atoms with van der Waals surface area (Å²) in [7, 11) is 1.23. The van der Waals surface area contributed by atoms with Crippen molar-refractivity contribution in [3.63, 3.8) is 0 Å². The predicted octanol–water partition coefficient (Wildman–Crippen LogP) is 3.03. The number of rotatable bonds is 5. The van der Waals surface area contributed by atoms with Gasteiger partial charge in [0, 0.05) is 33.2 Å². The van der Waals surface area contributed by atoms with Gasteiger partial charge in [0.1, 0.15) is 10.7 Å². The molecule has 12 heteroatoms. The van der Waals surface area contributed by atoms with Crippen LogP contribution < -0.4 is 5.32 Å². The van der Waals surface area contributed by atoms with Crippen molar-refractivity contribution in [2.75, 3.05) is 38.2 Å². The van der Waals surface area contributed by atoms with Gasteiger partial charge in [0.25, 0.3) is 5.91 Å². The zero-order valence-electron chi connectivity index (χ0n) is 16.6. The summed E-state index contributed by atoms with van der Waals surface area (Å²) in [6, 6.07) is 7.35. The Morgan fingerprint density at radius 2 is 1.94 bits per heavy atom. The number of nitrogens with zero attached hydrogens (tertiary/aromatic N) is 5. The number of anilines is 1. The van der Waals surface area contributed by atoms with Crippen LogP contribution in [0.15, 0.2) is 24.3 Å². The van der Waals surface area contributed by atoms with Gasteiger partial charge in [0.15, 0.2) is 5.69 Å². The van der Waals surface area contributed by atoms with Gasteiger partial charge >= 0.3 is 6.18 Å². The number of carbonyl (C=O) groups is 1. The monoisotopic (exact) mass is 456 g/mol. The molecule has 0 aliphatic carbocycles. The van der Waals surface area contributed by atoms with Crippen LogP contribution in [0.4, 0.5) is 19.1 Å². The molecule has 1 aliphatic rings. The van der Waals surface area contributed by atoms with Gasteiger partial charge in [-0.25, -0.2) is 4.98 Å². The zero-order valence-corrected chi connectivity index (χ0v) is 17.4. The van der Waals surface area contributed by atoms with E-state index in [-0.39, 0.29) is 11.6 Å². The number of benzene rings is 1. The summed E-state index contributed by atoms with van der Waals surface area (Å²) >= 11 is 5.85. The van der Waals surface area contributed by atoms with Gasteiger partial charge in [-0.15, -0.1) is 0 Å². The van der Waals surface area contributed by atoms with Crippen molar-refractivity contribution in [3.05, 3.63) is 40.7 Å². The normalized spacial score (nSPS) is 15.5. The van der Waals surface area contributed by atoms with Crippen LogP contribution in [0.3, 0.4) is 0 Å². The van der Waals surface area contributed by atoms with Crippen LogP contribution in [0.2, 0.25) is 5.02 Å². The van der Waals surface area contributed by atoms with E-state index >= 15 is 0 Å². The number of morpholine rings is 1. The molecule has 0 atom stereocenters. The van der Waals surface area contributed by atoms with Gasteiger partial charge in [-0.1, -0.05) is 23.7 Å². The third kappa shape index (κ3) is 4.39. The van der Waals surface area contributed by atoms with Gasteiger partial charge in [-0.05, 0) is 12.1 Å². The molecule has 166 valence electrons. The van der Waals surface area contributed by atoms with E-state index in [4.69, 9.17) is 16.3 Å². The van der Waals surface area contributed by atoms with Crippen molar-refractivity contribution >= 4 is 34.5 Å². The van der Waals surface area contributed by atoms with Crippen LogP contribution in [0.5, 0.6) is 0 Å². The summed E-state index contributed by atoms with van der Waals surface area (Å²) in [5, 5.41) is 5.22. The number of aryl methyl sites for hydroxylation is 1. The van der Waals surface area contributed by atoms with Crippen LogP contribution in [0, 0.1) is 0 Å². The number of para-hydroxylation sites is 2. The van der Waals surface area contributed by atoms with Crippen molar-refractivity contribution in [2.45, 2.75) is 12.7 Å². The van der Waals surface area contributed by atoms with E-state index in [9.17, 15) is 18.0 Å². The first-order chi connectivity index (χ1) is 14.8. The summed E-state index contributed by atoms with van der Waals surface area (Å²) in [6.45, 7) is 4.17. The highest BCUT2D eigenvalue weighted by Gasteiger charge is 2.40. The molecule has 0 bridgehead atoms. The van der Waals surface area contributed by atoms with Crippen molar-refractivity contribution in [1.29, 1.82) is 0 Å². The molecule has 1 amide bonds. The number of amides is 1. The van der Waals surface area contributed by atoms with Crippen molar-refractivity contribution < 1.29 is 22.7 Å². The lowest BCUT2D eigenvalue weighted by Gasteiger charge is -2.26. The second-order valence-electron chi connectivity index (χ2n) is 7.12. The van der Waals surface area contributed by atoms with Gasteiger partial charge in [0.05, 0.1) is 24.2 Å². The standard InChI is InChI=1S/C19H20ClF3N6O2/c1-27-15(14(20)16(26-27)19(21,22)23)17(30)25-18-24-12-4-2-3-5-13(12)29(18)7-6-28-8-10-31-11-9-28/h2-5H,6-11H2,1H3,(H,24,25,30). The maximum absolute atomic E-state index is 13.1. The molecule has 1 fully saturated rings. The number of halogens is 4. The van der Waals surface area contributed by atoms with Crippen LogP contribution in [-0.2, 0) is 24.5 Å². The number of carbonyl (C=O) groups excluding carboxylic acids is 1. The molecule has 8 nitrogen and oxygen atoms in total. The van der Waals surface area contributed by atoms with Crippen molar-refractivity contribution in [3.8, 4) is 0 Å². The van der Waals surface area contributed by atoms with E-state index in [1.165, 1.54) is 7.05 Å². The Kier molecular flexibility index (Phi) is 5.91. The summed E-state index contributed by atoms with van der Waals surface area (Å²) in [6.07, 6.45) is -4.77. The Labute approximate surface area is 180 Å². The second kappa shape index (κ2) is 8.48. The molecule has 31 heavy (non-hydrogen) atoms. The summed E-state index contributed by atoms with van der Waals surface area (Å²) in [5.74, 6) is -0.594. The second-order valence-corrected chi connectivity index (χ2v) is 7.49. The fraction of sp³-hybridized carbons (Fsp3) is 0.421. The first-order valence-electron chi connectivity index (χ1n) is 9.62. The molecule has 0 saturated carbocycles. The third-order valence-electron chi connectivity index (χ3n) is 5.10. The Bertz CT molecular complexity index is 1100. The lowest BCUT2D eigenvalue weighted by Crippen LogP contribution is -2.38. The zero-order chi connectivity index (χ0) is 22.2. The predicted molar refractivity (Wildman–Crippen MR) is 108 cm³/mol. The Hall–Kier alpha value is -2.63. The average molecular weight is 457 g/mol. The molecule has 0 radical (unpaired) electrons. The minimum absolute atomic E-state index is 0.227. The lowest BCUT2D eigenvalue weighted by molar-refractivity contribution is -0.141. The molecule has 0 spiro atoms. The lowest BCUT2D eigenvalue weighted by atomic mass is 10.3. The van der Waals surface area contributed by atoms with Gasteiger partial charge < -0.3 is 9.30 Å². The molecular weight excluding hydrogens is 437 g/mol. The summed E-state index contributed by atoms with van der Waals surface area (Å²) in [5.41, 5.74) is -0.228. The van der Waals surface area contributed by atoms with Gasteiger partial charge in [0.2, 0.25) is 5.95 Å². The van der Waals surface area contributed by atoms with E-state index in [1.54, 1.807) is 6.07 Å². The largest absolute Gasteiger partial charge is 0.436 e. The number of hydrogen-bond acceptors (Lipinski definition) is 5. The van der Waals surface area contributed by atoms with E-state index in [0.29, 0.717) is 31.8 Å².